The molecular formula is C17H12F3N5O2. The number of benzene rings is 2. The number of carbonyl (C=O) groups is 1. The van der Waals surface area contributed by atoms with E-state index in [-0.39, 0.29) is 23.0 Å². The first-order valence-corrected chi connectivity index (χ1v) is 7.54. The minimum Gasteiger partial charge on any atom is -0.465 e. The van der Waals surface area contributed by atoms with Crippen LogP contribution < -0.4 is 10.6 Å². The van der Waals surface area contributed by atoms with Crippen LogP contribution in [0.15, 0.2) is 42.6 Å². The van der Waals surface area contributed by atoms with Gasteiger partial charge in [0.2, 0.25) is 5.95 Å². The lowest BCUT2D eigenvalue weighted by atomic mass is 10.2. The molecule has 0 aliphatic heterocycles. The van der Waals surface area contributed by atoms with Crippen LogP contribution in [-0.4, -0.2) is 28.3 Å². The van der Waals surface area contributed by atoms with Gasteiger partial charge in [0.15, 0.2) is 23.3 Å². The third-order valence-electron chi connectivity index (χ3n) is 3.44. The second kappa shape index (κ2) is 7.68. The van der Waals surface area contributed by atoms with Crippen LogP contribution in [0.1, 0.15) is 10.4 Å². The number of rotatable bonds is 5. The van der Waals surface area contributed by atoms with E-state index in [0.717, 1.165) is 18.3 Å². The van der Waals surface area contributed by atoms with Crippen molar-refractivity contribution < 1.29 is 22.7 Å². The summed E-state index contributed by atoms with van der Waals surface area (Å²) < 4.78 is 44.8. The fourth-order valence-corrected chi connectivity index (χ4v) is 2.18. The highest BCUT2D eigenvalue weighted by molar-refractivity contribution is 5.96. The van der Waals surface area contributed by atoms with E-state index in [1.165, 1.54) is 7.11 Å². The number of para-hydroxylation sites is 1. The molecule has 2 N–H and O–H groups in total. The standard InChI is InChI=1S/C17H12F3N5O2/c1-27-16(26)9-4-2-3-5-11(9)23-17-24-13(8-21-25-17)22-12-7-6-10(18)14(19)15(12)20/h2-8H,1H3,(H2,22,23,24,25). The summed E-state index contributed by atoms with van der Waals surface area (Å²) in [6.07, 6.45) is 1.16. The Bertz CT molecular complexity index is 1000. The van der Waals surface area contributed by atoms with Gasteiger partial charge in [0.25, 0.3) is 0 Å². The van der Waals surface area contributed by atoms with E-state index in [4.69, 9.17) is 4.74 Å². The molecule has 0 radical (unpaired) electrons. The molecule has 3 rings (SSSR count). The minimum absolute atomic E-state index is 0.0145. The van der Waals surface area contributed by atoms with Crippen molar-refractivity contribution in [3.05, 3.63) is 65.6 Å². The molecule has 0 unspecified atom stereocenters. The van der Waals surface area contributed by atoms with Gasteiger partial charge in [-0.15, -0.1) is 5.10 Å². The summed E-state index contributed by atoms with van der Waals surface area (Å²) >= 11 is 0. The zero-order valence-corrected chi connectivity index (χ0v) is 13.8. The molecule has 27 heavy (non-hydrogen) atoms. The summed E-state index contributed by atoms with van der Waals surface area (Å²) in [6.45, 7) is 0. The molecule has 0 fully saturated rings. The van der Waals surface area contributed by atoms with Gasteiger partial charge in [-0.3, -0.25) is 0 Å². The van der Waals surface area contributed by atoms with Crippen molar-refractivity contribution in [2.45, 2.75) is 0 Å². The molecule has 0 saturated heterocycles. The molecule has 0 atom stereocenters. The van der Waals surface area contributed by atoms with Crippen molar-refractivity contribution in [3.8, 4) is 0 Å². The van der Waals surface area contributed by atoms with Crippen molar-refractivity contribution in [1.29, 1.82) is 0 Å². The Kier molecular flexibility index (Phi) is 5.15. The van der Waals surface area contributed by atoms with E-state index in [1.807, 2.05) is 0 Å². The lowest BCUT2D eigenvalue weighted by Crippen LogP contribution is -2.08. The maximum atomic E-state index is 13.8. The number of ether oxygens (including phenoxy) is 1. The Labute approximate surface area is 151 Å². The molecule has 0 aliphatic carbocycles. The predicted octanol–water partition coefficient (Wildman–Crippen LogP) is 3.56. The quantitative estimate of drug-likeness (QED) is 0.521. The Morgan fingerprint density at radius 1 is 1.00 bits per heavy atom. The summed E-state index contributed by atoms with van der Waals surface area (Å²) in [4.78, 5) is 15.8. The van der Waals surface area contributed by atoms with Gasteiger partial charge in [0, 0.05) is 0 Å². The number of carbonyl (C=O) groups excluding carboxylic acids is 1. The predicted molar refractivity (Wildman–Crippen MR) is 90.5 cm³/mol. The van der Waals surface area contributed by atoms with Gasteiger partial charge >= 0.3 is 5.97 Å². The van der Waals surface area contributed by atoms with E-state index >= 15 is 0 Å². The molecule has 0 saturated carbocycles. The van der Waals surface area contributed by atoms with Crippen LogP contribution in [-0.2, 0) is 4.74 Å². The lowest BCUT2D eigenvalue weighted by Gasteiger charge is -2.11. The average Bonchev–Trinajstić information content (AvgIpc) is 2.68. The fourth-order valence-electron chi connectivity index (χ4n) is 2.18. The maximum Gasteiger partial charge on any atom is 0.339 e. The first-order chi connectivity index (χ1) is 13.0. The van der Waals surface area contributed by atoms with Crippen molar-refractivity contribution in [3.63, 3.8) is 0 Å². The summed E-state index contributed by atoms with van der Waals surface area (Å²) in [5.41, 5.74) is 0.284. The molecule has 1 aromatic heterocycles. The van der Waals surface area contributed by atoms with E-state index in [2.05, 4.69) is 25.8 Å². The highest BCUT2D eigenvalue weighted by atomic mass is 19.2. The Morgan fingerprint density at radius 3 is 2.56 bits per heavy atom. The van der Waals surface area contributed by atoms with Gasteiger partial charge in [0.1, 0.15) is 0 Å². The van der Waals surface area contributed by atoms with Crippen LogP contribution in [0, 0.1) is 17.5 Å². The Hall–Kier alpha value is -3.69. The smallest absolute Gasteiger partial charge is 0.339 e. The molecule has 1 heterocycles. The second-order valence-corrected chi connectivity index (χ2v) is 5.18. The third kappa shape index (κ3) is 3.94. The number of methoxy groups -OCH3 is 1. The molecule has 3 aromatic rings. The van der Waals surface area contributed by atoms with Gasteiger partial charge in [-0.05, 0) is 24.3 Å². The minimum atomic E-state index is -1.60. The topological polar surface area (TPSA) is 89.0 Å². The number of hydrogen-bond donors (Lipinski definition) is 2. The third-order valence-corrected chi connectivity index (χ3v) is 3.44. The summed E-state index contributed by atoms with van der Waals surface area (Å²) in [5.74, 6) is -4.86. The van der Waals surface area contributed by atoms with Crippen LogP contribution in [0.3, 0.4) is 0 Å². The van der Waals surface area contributed by atoms with Gasteiger partial charge in [0.05, 0.1) is 30.2 Å². The first-order valence-electron chi connectivity index (χ1n) is 7.54. The number of aromatic nitrogens is 3. The normalized spacial score (nSPS) is 10.4. The number of nitrogens with zero attached hydrogens (tertiary/aromatic N) is 3. The van der Waals surface area contributed by atoms with E-state index < -0.39 is 23.4 Å². The van der Waals surface area contributed by atoms with Gasteiger partial charge in [-0.1, -0.05) is 12.1 Å². The number of hydrogen-bond acceptors (Lipinski definition) is 7. The largest absolute Gasteiger partial charge is 0.465 e. The van der Waals surface area contributed by atoms with Crippen molar-refractivity contribution in [2.75, 3.05) is 17.7 Å². The van der Waals surface area contributed by atoms with Crippen molar-refractivity contribution in [2.24, 2.45) is 0 Å². The average molecular weight is 375 g/mol. The summed E-state index contributed by atoms with van der Waals surface area (Å²) in [7, 11) is 1.25. The molecule has 7 nitrogen and oxygen atoms in total. The molecule has 0 bridgehead atoms. The van der Waals surface area contributed by atoms with E-state index in [9.17, 15) is 18.0 Å². The van der Waals surface area contributed by atoms with Crippen molar-refractivity contribution in [1.82, 2.24) is 15.2 Å². The van der Waals surface area contributed by atoms with Crippen LogP contribution >= 0.6 is 0 Å². The van der Waals surface area contributed by atoms with E-state index in [0.29, 0.717) is 5.69 Å². The molecule has 0 amide bonds. The van der Waals surface area contributed by atoms with Gasteiger partial charge < -0.3 is 15.4 Å². The number of nitrogens with one attached hydrogen (secondary N) is 2. The van der Waals surface area contributed by atoms with Crippen LogP contribution in [0.4, 0.5) is 36.3 Å². The number of halogens is 3. The van der Waals surface area contributed by atoms with Crippen LogP contribution in [0.25, 0.3) is 0 Å². The summed E-state index contributed by atoms with van der Waals surface area (Å²) in [5, 5.41) is 12.7. The zero-order chi connectivity index (χ0) is 19.4. The molecule has 0 aliphatic rings. The summed E-state index contributed by atoms with van der Waals surface area (Å²) in [6, 6.07) is 8.28. The molecule has 138 valence electrons. The Balaban J connectivity index is 1.85. The molecule has 10 heteroatoms. The molecule has 2 aromatic carbocycles. The van der Waals surface area contributed by atoms with Crippen molar-refractivity contribution >= 4 is 29.1 Å². The van der Waals surface area contributed by atoms with Gasteiger partial charge in [-0.2, -0.15) is 10.1 Å². The first kappa shape index (κ1) is 18.1. The van der Waals surface area contributed by atoms with Gasteiger partial charge in [-0.25, -0.2) is 18.0 Å². The van der Waals surface area contributed by atoms with Crippen LogP contribution in [0.5, 0.6) is 0 Å². The fraction of sp³-hybridized carbons (Fsp3) is 0.0588. The molecule has 0 spiro atoms. The lowest BCUT2D eigenvalue weighted by molar-refractivity contribution is 0.0602. The number of anilines is 4. The monoisotopic (exact) mass is 375 g/mol. The SMILES string of the molecule is COC(=O)c1ccccc1Nc1nncc(Nc2ccc(F)c(F)c2F)n1. The zero-order valence-electron chi connectivity index (χ0n) is 13.8. The highest BCUT2D eigenvalue weighted by Gasteiger charge is 2.15. The number of esters is 1. The van der Waals surface area contributed by atoms with E-state index in [1.54, 1.807) is 24.3 Å². The maximum absolute atomic E-state index is 13.8. The molecular weight excluding hydrogens is 363 g/mol. The van der Waals surface area contributed by atoms with Crippen LogP contribution in [0.2, 0.25) is 0 Å². The second-order valence-electron chi connectivity index (χ2n) is 5.18. The Morgan fingerprint density at radius 2 is 1.78 bits per heavy atom. The highest BCUT2D eigenvalue weighted by Crippen LogP contribution is 2.24.